The van der Waals surface area contributed by atoms with E-state index >= 15 is 0 Å². The van der Waals surface area contributed by atoms with E-state index in [2.05, 4.69) is 0 Å². The molecule has 0 aromatic carbocycles. The van der Waals surface area contributed by atoms with E-state index in [0.29, 0.717) is 0 Å². The van der Waals surface area contributed by atoms with Gasteiger partial charge in [-0.15, -0.1) is 0 Å². The van der Waals surface area contributed by atoms with E-state index in [4.69, 9.17) is 4.74 Å². The molecule has 0 saturated carbocycles. The molecule has 32 valence electrons. The van der Waals surface area contributed by atoms with Gasteiger partial charge in [-0.2, -0.15) is 0 Å². The molecule has 1 aliphatic heterocycles. The molecule has 0 saturated heterocycles. The summed E-state index contributed by atoms with van der Waals surface area (Å²) in [5, 5.41) is 0. The second-order valence-corrected chi connectivity index (χ2v) is 1.55. The molecule has 0 bridgehead atoms. The number of hydrogen-bond acceptors (Lipinski definition) is 1. The van der Waals surface area contributed by atoms with E-state index < -0.39 is 0 Å². The van der Waals surface area contributed by atoms with Gasteiger partial charge in [0.25, 0.3) is 0 Å². The maximum absolute atomic E-state index is 5.01. The first-order valence-corrected chi connectivity index (χ1v) is 2.38. The zero-order chi connectivity index (χ0) is 5.11. The summed E-state index contributed by atoms with van der Waals surface area (Å²) >= 11 is 2.00. The van der Waals surface area contributed by atoms with Gasteiger partial charge in [-0.1, -0.05) is 0 Å². The summed E-state index contributed by atoms with van der Waals surface area (Å²) in [7, 11) is 0. The van der Waals surface area contributed by atoms with Crippen molar-refractivity contribution in [1.29, 1.82) is 0 Å². The van der Waals surface area contributed by atoms with Crippen molar-refractivity contribution in [2.75, 3.05) is 0 Å². The van der Waals surface area contributed by atoms with Gasteiger partial charge in [-0.25, -0.2) is 0 Å². The minimum absolute atomic E-state index is 0.269. The topological polar surface area (TPSA) is 9.23 Å². The van der Waals surface area contributed by atoms with Gasteiger partial charge in [0.2, 0.25) is 0 Å². The third kappa shape index (κ3) is 1.42. The van der Waals surface area contributed by atoms with Crippen molar-refractivity contribution in [1.82, 2.24) is 0 Å². The van der Waals surface area contributed by atoms with Gasteiger partial charge in [0.05, 0.1) is 0 Å². The van der Waals surface area contributed by atoms with Gasteiger partial charge < -0.3 is 0 Å². The average molecular weight is 88.0 g/mol. The van der Waals surface area contributed by atoms with Crippen LogP contribution in [0.2, 0.25) is 0 Å². The van der Waals surface area contributed by atoms with Crippen molar-refractivity contribution >= 4 is 17.7 Å². The number of rotatable bonds is 0. The van der Waals surface area contributed by atoms with Gasteiger partial charge in [-0.3, -0.25) is 0 Å². The third-order valence-corrected chi connectivity index (χ3v) is 0.865. The van der Waals surface area contributed by atoms with Crippen LogP contribution in [0, 0.1) is 0 Å². The van der Waals surface area contributed by atoms with Gasteiger partial charge in [0, 0.05) is 0 Å². The van der Waals surface area contributed by atoms with Crippen LogP contribution in [0.1, 0.15) is 0 Å². The molecule has 1 rings (SSSR count). The second-order valence-electron chi connectivity index (χ2n) is 1.55. The first kappa shape index (κ1) is 5.02. The predicted octanol–water partition coefficient (Wildman–Crippen LogP) is 0.581. The molecule has 0 amide bonds. The Bertz CT molecular complexity index is 107. The number of ether oxygens (including phenoxy) is 1. The van der Waals surface area contributed by atoms with Crippen LogP contribution < -0.4 is 0 Å². The summed E-state index contributed by atoms with van der Waals surface area (Å²) in [5.41, 5.74) is 0. The molecule has 0 aliphatic carbocycles. The van der Waals surface area contributed by atoms with E-state index in [1.54, 1.807) is 6.26 Å². The van der Waals surface area contributed by atoms with Gasteiger partial charge in [0.1, 0.15) is 0 Å². The maximum atomic E-state index is 5.01. The van der Waals surface area contributed by atoms with E-state index in [-0.39, 0.29) is 4.78 Å². The molecule has 0 radical (unpaired) electrons. The van der Waals surface area contributed by atoms with E-state index in [0.717, 1.165) is 0 Å². The van der Waals surface area contributed by atoms with E-state index in [1.165, 1.54) is 0 Å². The van der Waals surface area contributed by atoms with Crippen LogP contribution in [0.5, 0.6) is 0 Å². The zero-order valence-corrected chi connectivity index (χ0v) is 4.29. The molecule has 0 aromatic rings. The molecule has 7 heavy (non-hydrogen) atoms. The molecule has 1 nitrogen and oxygen atoms in total. The fourth-order valence-electron chi connectivity index (χ4n) is 0.481. The Hall–Kier alpha value is -0.123. The van der Waals surface area contributed by atoms with Crippen molar-refractivity contribution in [3.8, 4) is 0 Å². The second kappa shape index (κ2) is 2.25. The Morgan fingerprint density at radius 3 is 2.57 bits per heavy atom. The predicted molar refractivity (Wildman–Crippen MR) is 28.9 cm³/mol. The minimum atomic E-state index is 0.269. The Morgan fingerprint density at radius 1 is 1.43 bits per heavy atom. The van der Waals surface area contributed by atoms with Crippen molar-refractivity contribution in [2.24, 2.45) is 0 Å². The van der Waals surface area contributed by atoms with Gasteiger partial charge >= 0.3 is 51.7 Å². The van der Waals surface area contributed by atoms with Crippen LogP contribution in [-0.4, -0.2) is 22.5 Å². The number of hydrogen-bond donors (Lipinski definition) is 0. The Kier molecular flexibility index (Phi) is 1.62. The summed E-state index contributed by atoms with van der Waals surface area (Å²) < 4.78 is 5.28. The molecular weight excluding hydrogens is 83.0 g/mol. The SMILES string of the molecule is [Li][CH]1C=CC=CO1. The first-order valence-electron chi connectivity index (χ1n) is 2.38. The quantitative estimate of drug-likeness (QED) is 0.393. The standard InChI is InChI=1S/C5H5O.Li/c1-2-4-6-5-3-1;/h1-5H;. The molecule has 1 heterocycles. The fraction of sp³-hybridized carbons (Fsp3) is 0.200. The molecule has 1 unspecified atom stereocenters. The first-order chi connectivity index (χ1) is 3.39. The van der Waals surface area contributed by atoms with Crippen LogP contribution >= 0.6 is 0 Å². The third-order valence-electron chi connectivity index (χ3n) is 0.865. The molecule has 0 spiro atoms. The Morgan fingerprint density at radius 2 is 2.29 bits per heavy atom. The van der Waals surface area contributed by atoms with Crippen LogP contribution in [0.15, 0.2) is 24.5 Å². The molecule has 0 N–H and O–H groups in total. The summed E-state index contributed by atoms with van der Waals surface area (Å²) in [5.74, 6) is 0. The summed E-state index contributed by atoms with van der Waals surface area (Å²) in [6.07, 6.45) is 7.55. The van der Waals surface area contributed by atoms with Gasteiger partial charge in [0.15, 0.2) is 0 Å². The van der Waals surface area contributed by atoms with Crippen molar-refractivity contribution in [2.45, 2.75) is 4.78 Å². The molecule has 0 aromatic heterocycles. The molecule has 2 heteroatoms. The molecule has 1 aliphatic rings. The normalized spacial score (nSPS) is 27.4. The molecular formula is C5H5LiO. The van der Waals surface area contributed by atoms with Crippen molar-refractivity contribution in [3.05, 3.63) is 24.5 Å². The molecule has 0 fully saturated rings. The molecule has 1 atom stereocenters. The fourth-order valence-corrected chi connectivity index (χ4v) is 0.481. The summed E-state index contributed by atoms with van der Waals surface area (Å²) in [6, 6.07) is 0. The van der Waals surface area contributed by atoms with Crippen LogP contribution in [0.25, 0.3) is 0 Å². The van der Waals surface area contributed by atoms with Crippen LogP contribution in [-0.2, 0) is 4.74 Å². The van der Waals surface area contributed by atoms with E-state index in [1.807, 2.05) is 35.9 Å². The summed E-state index contributed by atoms with van der Waals surface area (Å²) in [4.78, 5) is 0. The van der Waals surface area contributed by atoms with E-state index in [9.17, 15) is 0 Å². The van der Waals surface area contributed by atoms with Crippen LogP contribution in [0.3, 0.4) is 0 Å². The van der Waals surface area contributed by atoms with Gasteiger partial charge in [-0.05, 0) is 0 Å². The number of allylic oxidation sites excluding steroid dienone is 2. The van der Waals surface area contributed by atoms with Crippen molar-refractivity contribution < 1.29 is 4.74 Å². The van der Waals surface area contributed by atoms with Crippen molar-refractivity contribution in [3.63, 3.8) is 0 Å². The Balaban J connectivity index is 2.49. The average Bonchev–Trinajstić information content (AvgIpc) is 1.69. The zero-order valence-electron chi connectivity index (χ0n) is 4.29. The van der Waals surface area contributed by atoms with Crippen LogP contribution in [0.4, 0.5) is 0 Å². The monoisotopic (exact) mass is 88.1 g/mol. The summed E-state index contributed by atoms with van der Waals surface area (Å²) in [6.45, 7) is 0. The Labute approximate surface area is 52.2 Å².